The third kappa shape index (κ3) is 4.94. The lowest BCUT2D eigenvalue weighted by molar-refractivity contribution is -0.0659. The van der Waals surface area contributed by atoms with Crippen molar-refractivity contribution in [2.45, 2.75) is 32.0 Å². The highest BCUT2D eigenvalue weighted by Gasteiger charge is 2.16. The fraction of sp³-hybridized carbons (Fsp3) is 0.600. The molecule has 1 saturated heterocycles. The number of hydrogen-bond acceptors (Lipinski definition) is 4. The van der Waals surface area contributed by atoms with Crippen LogP contribution in [0.15, 0.2) is 18.2 Å². The largest absolute Gasteiger partial charge is 0.489 e. The summed E-state index contributed by atoms with van der Waals surface area (Å²) in [4.78, 5) is 0. The zero-order valence-corrected chi connectivity index (χ0v) is 12.4. The van der Waals surface area contributed by atoms with E-state index in [1.54, 1.807) is 0 Å². The minimum atomic E-state index is -0.657. The molecule has 20 heavy (non-hydrogen) atoms. The Morgan fingerprint density at radius 3 is 2.80 bits per heavy atom. The van der Waals surface area contributed by atoms with Gasteiger partial charge in [0.05, 0.1) is 17.7 Å². The minimum absolute atomic E-state index is 0.173. The second-order valence-electron chi connectivity index (χ2n) is 5.04. The molecule has 0 saturated carbocycles. The second kappa shape index (κ2) is 7.84. The first kappa shape index (κ1) is 15.6. The first-order chi connectivity index (χ1) is 9.65. The van der Waals surface area contributed by atoms with Gasteiger partial charge in [0.2, 0.25) is 0 Å². The molecule has 1 aliphatic heterocycles. The van der Waals surface area contributed by atoms with Gasteiger partial charge in [0.25, 0.3) is 0 Å². The Morgan fingerprint density at radius 1 is 1.35 bits per heavy atom. The van der Waals surface area contributed by atoms with Gasteiger partial charge in [-0.2, -0.15) is 0 Å². The van der Waals surface area contributed by atoms with Crippen LogP contribution in [0.1, 0.15) is 18.4 Å². The van der Waals surface area contributed by atoms with Gasteiger partial charge in [-0.3, -0.25) is 0 Å². The Bertz CT molecular complexity index is 418. The van der Waals surface area contributed by atoms with E-state index in [1.807, 2.05) is 25.1 Å². The highest BCUT2D eigenvalue weighted by atomic mass is 35.5. The lowest BCUT2D eigenvalue weighted by atomic mass is 10.1. The summed E-state index contributed by atoms with van der Waals surface area (Å²) in [6, 6.07) is 5.57. The molecule has 1 N–H and O–H groups in total. The number of rotatable bonds is 6. The average molecular weight is 301 g/mol. The minimum Gasteiger partial charge on any atom is -0.489 e. The summed E-state index contributed by atoms with van der Waals surface area (Å²) in [5.41, 5.74) is 1.07. The van der Waals surface area contributed by atoms with E-state index < -0.39 is 6.10 Å². The Kier molecular flexibility index (Phi) is 6.10. The van der Waals surface area contributed by atoms with Crippen molar-refractivity contribution in [2.75, 3.05) is 26.4 Å². The molecule has 1 aromatic rings. The van der Waals surface area contributed by atoms with E-state index in [9.17, 15) is 5.11 Å². The van der Waals surface area contributed by atoms with Crippen molar-refractivity contribution in [2.24, 2.45) is 0 Å². The molecular weight excluding hydrogens is 280 g/mol. The van der Waals surface area contributed by atoms with Crippen LogP contribution in [0.2, 0.25) is 5.02 Å². The van der Waals surface area contributed by atoms with Crippen molar-refractivity contribution >= 4 is 11.6 Å². The third-order valence-electron chi connectivity index (χ3n) is 3.21. The molecule has 1 aliphatic rings. The van der Waals surface area contributed by atoms with E-state index in [4.69, 9.17) is 25.8 Å². The highest BCUT2D eigenvalue weighted by Crippen LogP contribution is 2.25. The van der Waals surface area contributed by atoms with Gasteiger partial charge in [0.1, 0.15) is 18.5 Å². The Balaban J connectivity index is 1.70. The zero-order valence-electron chi connectivity index (χ0n) is 11.7. The number of benzene rings is 1. The summed E-state index contributed by atoms with van der Waals surface area (Å²) >= 11 is 6.06. The quantitative estimate of drug-likeness (QED) is 0.877. The Labute approximate surface area is 124 Å². The molecule has 0 aromatic heterocycles. The zero-order chi connectivity index (χ0) is 14.4. The number of aliphatic hydroxyl groups excluding tert-OH is 1. The van der Waals surface area contributed by atoms with Crippen molar-refractivity contribution in [3.8, 4) is 5.75 Å². The van der Waals surface area contributed by atoms with Gasteiger partial charge in [-0.1, -0.05) is 17.7 Å². The van der Waals surface area contributed by atoms with E-state index in [-0.39, 0.29) is 19.3 Å². The van der Waals surface area contributed by atoms with Crippen LogP contribution in [0.3, 0.4) is 0 Å². The summed E-state index contributed by atoms with van der Waals surface area (Å²) < 4.78 is 16.4. The topological polar surface area (TPSA) is 47.9 Å². The smallest absolute Gasteiger partial charge is 0.138 e. The first-order valence-corrected chi connectivity index (χ1v) is 7.29. The maximum atomic E-state index is 9.86. The first-order valence-electron chi connectivity index (χ1n) is 6.91. The highest BCUT2D eigenvalue weighted by molar-refractivity contribution is 6.32. The van der Waals surface area contributed by atoms with Crippen LogP contribution in [0.4, 0.5) is 0 Å². The molecule has 0 amide bonds. The summed E-state index contributed by atoms with van der Waals surface area (Å²) in [6.45, 7) is 3.87. The van der Waals surface area contributed by atoms with Crippen molar-refractivity contribution in [1.82, 2.24) is 0 Å². The van der Waals surface area contributed by atoms with Gasteiger partial charge >= 0.3 is 0 Å². The molecule has 0 spiro atoms. The maximum absolute atomic E-state index is 9.86. The lowest BCUT2D eigenvalue weighted by Gasteiger charge is -2.23. The number of halogens is 1. The standard InChI is InChI=1S/C15H21ClO4/c1-11-2-3-15(14(16)8-11)20-10-12(17)9-19-13-4-6-18-7-5-13/h2-3,8,12-13,17H,4-7,9-10H2,1H3/t12-/m1/s1. The molecule has 5 heteroatoms. The Morgan fingerprint density at radius 2 is 2.10 bits per heavy atom. The van der Waals surface area contributed by atoms with Gasteiger partial charge in [-0.15, -0.1) is 0 Å². The molecule has 1 heterocycles. The molecule has 1 fully saturated rings. The molecular formula is C15H21ClO4. The van der Waals surface area contributed by atoms with Crippen molar-refractivity contribution in [3.05, 3.63) is 28.8 Å². The van der Waals surface area contributed by atoms with Crippen LogP contribution in [0.5, 0.6) is 5.75 Å². The van der Waals surface area contributed by atoms with Crippen LogP contribution in [0, 0.1) is 6.92 Å². The van der Waals surface area contributed by atoms with Crippen LogP contribution < -0.4 is 4.74 Å². The normalized spacial score (nSPS) is 17.9. The van der Waals surface area contributed by atoms with E-state index >= 15 is 0 Å². The van der Waals surface area contributed by atoms with Crippen molar-refractivity contribution in [1.29, 1.82) is 0 Å². The third-order valence-corrected chi connectivity index (χ3v) is 3.51. The van der Waals surface area contributed by atoms with Gasteiger partial charge in [0, 0.05) is 13.2 Å². The Hall–Kier alpha value is -0.810. The predicted octanol–water partition coefficient (Wildman–Crippen LogP) is 2.58. The summed E-state index contributed by atoms with van der Waals surface area (Å²) in [7, 11) is 0. The number of aryl methyl sites for hydroxylation is 1. The summed E-state index contributed by atoms with van der Waals surface area (Å²) in [5.74, 6) is 0.586. The number of ether oxygens (including phenoxy) is 3. The van der Waals surface area contributed by atoms with Gasteiger partial charge in [-0.05, 0) is 37.5 Å². The molecule has 0 bridgehead atoms. The molecule has 1 aromatic carbocycles. The van der Waals surface area contributed by atoms with E-state index in [1.165, 1.54) is 0 Å². The fourth-order valence-corrected chi connectivity index (χ4v) is 2.34. The molecule has 4 nitrogen and oxygen atoms in total. The van der Waals surface area contributed by atoms with Crippen LogP contribution >= 0.6 is 11.6 Å². The molecule has 0 radical (unpaired) electrons. The lowest BCUT2D eigenvalue weighted by Crippen LogP contribution is -2.30. The van der Waals surface area contributed by atoms with Gasteiger partial charge in [0.15, 0.2) is 0 Å². The maximum Gasteiger partial charge on any atom is 0.138 e. The fourth-order valence-electron chi connectivity index (χ4n) is 2.05. The van der Waals surface area contributed by atoms with Crippen LogP contribution in [0.25, 0.3) is 0 Å². The van der Waals surface area contributed by atoms with Crippen molar-refractivity contribution in [3.63, 3.8) is 0 Å². The second-order valence-corrected chi connectivity index (χ2v) is 5.45. The van der Waals surface area contributed by atoms with Crippen LogP contribution in [-0.2, 0) is 9.47 Å². The molecule has 1 atom stereocenters. The van der Waals surface area contributed by atoms with Gasteiger partial charge in [-0.25, -0.2) is 0 Å². The van der Waals surface area contributed by atoms with E-state index in [0.717, 1.165) is 31.6 Å². The molecule has 0 aliphatic carbocycles. The summed E-state index contributed by atoms with van der Waals surface area (Å²) in [5, 5.41) is 10.4. The van der Waals surface area contributed by atoms with E-state index in [2.05, 4.69) is 0 Å². The SMILES string of the molecule is Cc1ccc(OC[C@H](O)COC2CCOCC2)c(Cl)c1. The molecule has 0 unspecified atom stereocenters. The molecule has 2 rings (SSSR count). The monoisotopic (exact) mass is 300 g/mol. The van der Waals surface area contributed by atoms with Crippen LogP contribution in [-0.4, -0.2) is 43.7 Å². The molecule has 112 valence electrons. The van der Waals surface area contributed by atoms with E-state index in [0.29, 0.717) is 10.8 Å². The number of hydrogen-bond donors (Lipinski definition) is 1. The number of aliphatic hydroxyl groups is 1. The summed E-state index contributed by atoms with van der Waals surface area (Å²) in [6.07, 6.45) is 1.30. The van der Waals surface area contributed by atoms with Gasteiger partial charge < -0.3 is 19.3 Å². The predicted molar refractivity (Wildman–Crippen MR) is 77.5 cm³/mol. The average Bonchev–Trinajstić information content (AvgIpc) is 2.45. The van der Waals surface area contributed by atoms with Crippen molar-refractivity contribution < 1.29 is 19.3 Å².